The number of rotatable bonds is 2. The molecule has 0 saturated carbocycles. The van der Waals surface area contributed by atoms with Crippen molar-refractivity contribution < 1.29 is 0 Å². The number of hydrogen-bond acceptors (Lipinski definition) is 1. The molecule has 11 heavy (non-hydrogen) atoms. The highest BCUT2D eigenvalue weighted by molar-refractivity contribution is 6.31. The molecule has 0 amide bonds. The van der Waals surface area contributed by atoms with Crippen molar-refractivity contribution in [2.24, 2.45) is 0 Å². The third-order valence-corrected chi connectivity index (χ3v) is 2.07. The number of aryl methyl sites for hydroxylation is 2. The average Bonchev–Trinajstić information content (AvgIpc) is 2.05. The Morgan fingerprint density at radius 1 is 1.36 bits per heavy atom. The lowest BCUT2D eigenvalue weighted by Crippen LogP contribution is -1.90. The summed E-state index contributed by atoms with van der Waals surface area (Å²) in [5, 5.41) is 0.782. The fraction of sp³-hybridized carbons (Fsp3) is 0.444. The van der Waals surface area contributed by atoms with Crippen LogP contribution in [-0.2, 0) is 12.8 Å². The fourth-order valence-corrected chi connectivity index (χ4v) is 1.23. The van der Waals surface area contributed by atoms with E-state index in [1.807, 2.05) is 0 Å². The molecule has 1 rings (SSSR count). The lowest BCUT2D eigenvalue weighted by molar-refractivity contribution is 1.01. The van der Waals surface area contributed by atoms with Crippen LogP contribution >= 0.6 is 11.6 Å². The van der Waals surface area contributed by atoms with Crippen LogP contribution in [0, 0.1) is 0 Å². The van der Waals surface area contributed by atoms with Crippen molar-refractivity contribution in [2.45, 2.75) is 26.7 Å². The normalized spacial score (nSPS) is 10.1. The molecular formula is C9H12ClN. The van der Waals surface area contributed by atoms with Gasteiger partial charge < -0.3 is 0 Å². The topological polar surface area (TPSA) is 12.9 Å². The van der Waals surface area contributed by atoms with Crippen LogP contribution in [0.2, 0.25) is 5.02 Å². The van der Waals surface area contributed by atoms with Crippen molar-refractivity contribution in [1.82, 2.24) is 4.98 Å². The monoisotopic (exact) mass is 169 g/mol. The van der Waals surface area contributed by atoms with Crippen LogP contribution in [0.3, 0.4) is 0 Å². The molecule has 0 aliphatic heterocycles. The molecule has 1 heterocycles. The van der Waals surface area contributed by atoms with Crippen LogP contribution in [0.4, 0.5) is 0 Å². The Bertz CT molecular complexity index is 245. The van der Waals surface area contributed by atoms with E-state index >= 15 is 0 Å². The molecule has 0 atom stereocenters. The standard InChI is InChI=1S/C9H12ClN/c1-3-7-5-8(4-2)11-6-9(7)10/h5-6H,3-4H2,1-2H3. The summed E-state index contributed by atoms with van der Waals surface area (Å²) in [5.41, 5.74) is 2.31. The van der Waals surface area contributed by atoms with Gasteiger partial charge in [0.05, 0.1) is 5.02 Å². The van der Waals surface area contributed by atoms with Crippen LogP contribution in [-0.4, -0.2) is 4.98 Å². The maximum absolute atomic E-state index is 5.89. The zero-order chi connectivity index (χ0) is 8.27. The molecule has 0 fully saturated rings. The largest absolute Gasteiger partial charge is 0.260 e. The highest BCUT2D eigenvalue weighted by atomic mass is 35.5. The number of pyridine rings is 1. The van der Waals surface area contributed by atoms with Gasteiger partial charge in [-0.1, -0.05) is 25.4 Å². The van der Waals surface area contributed by atoms with Gasteiger partial charge >= 0.3 is 0 Å². The SMILES string of the molecule is CCc1cc(CC)c(Cl)cn1. The van der Waals surface area contributed by atoms with E-state index < -0.39 is 0 Å². The van der Waals surface area contributed by atoms with E-state index in [1.165, 1.54) is 5.56 Å². The van der Waals surface area contributed by atoms with Crippen molar-refractivity contribution in [1.29, 1.82) is 0 Å². The molecule has 0 unspecified atom stereocenters. The number of hydrogen-bond donors (Lipinski definition) is 0. The quantitative estimate of drug-likeness (QED) is 0.664. The molecule has 0 aliphatic rings. The molecule has 0 aromatic carbocycles. The molecule has 60 valence electrons. The van der Waals surface area contributed by atoms with Gasteiger partial charge in [-0.3, -0.25) is 4.98 Å². The van der Waals surface area contributed by atoms with E-state index in [9.17, 15) is 0 Å². The van der Waals surface area contributed by atoms with Crippen molar-refractivity contribution in [3.8, 4) is 0 Å². The highest BCUT2D eigenvalue weighted by Gasteiger charge is 1.98. The van der Waals surface area contributed by atoms with Crippen molar-refractivity contribution >= 4 is 11.6 Å². The Hall–Kier alpha value is -0.560. The summed E-state index contributed by atoms with van der Waals surface area (Å²) in [6.45, 7) is 4.19. The lowest BCUT2D eigenvalue weighted by atomic mass is 10.1. The van der Waals surface area contributed by atoms with Crippen LogP contribution in [0.15, 0.2) is 12.3 Å². The highest BCUT2D eigenvalue weighted by Crippen LogP contribution is 2.15. The smallest absolute Gasteiger partial charge is 0.0621 e. The van der Waals surface area contributed by atoms with Crippen LogP contribution in [0.5, 0.6) is 0 Å². The maximum Gasteiger partial charge on any atom is 0.0621 e. The maximum atomic E-state index is 5.89. The third-order valence-electron chi connectivity index (χ3n) is 1.73. The van der Waals surface area contributed by atoms with Gasteiger partial charge in [0.15, 0.2) is 0 Å². The van der Waals surface area contributed by atoms with E-state index in [-0.39, 0.29) is 0 Å². The molecule has 0 N–H and O–H groups in total. The second-order valence-electron chi connectivity index (χ2n) is 2.47. The second-order valence-corrected chi connectivity index (χ2v) is 2.88. The molecule has 0 aliphatic carbocycles. The summed E-state index contributed by atoms with van der Waals surface area (Å²) in [5.74, 6) is 0. The van der Waals surface area contributed by atoms with Gasteiger partial charge in [0.1, 0.15) is 0 Å². The molecule has 0 radical (unpaired) electrons. The van der Waals surface area contributed by atoms with Crippen LogP contribution in [0.1, 0.15) is 25.1 Å². The van der Waals surface area contributed by atoms with E-state index in [4.69, 9.17) is 11.6 Å². The van der Waals surface area contributed by atoms with E-state index in [2.05, 4.69) is 24.9 Å². The van der Waals surface area contributed by atoms with Crippen molar-refractivity contribution in [3.63, 3.8) is 0 Å². The fourth-order valence-electron chi connectivity index (χ4n) is 0.994. The van der Waals surface area contributed by atoms with Gasteiger partial charge in [-0.15, -0.1) is 0 Å². The molecule has 2 heteroatoms. The minimum absolute atomic E-state index is 0.782. The summed E-state index contributed by atoms with van der Waals surface area (Å²) in [4.78, 5) is 4.17. The van der Waals surface area contributed by atoms with Crippen molar-refractivity contribution in [3.05, 3.63) is 28.5 Å². The zero-order valence-electron chi connectivity index (χ0n) is 6.89. The Morgan fingerprint density at radius 3 is 2.64 bits per heavy atom. The van der Waals surface area contributed by atoms with Gasteiger partial charge in [0.2, 0.25) is 0 Å². The first-order valence-corrected chi connectivity index (χ1v) is 4.29. The van der Waals surface area contributed by atoms with E-state index in [1.54, 1.807) is 6.20 Å². The average molecular weight is 170 g/mol. The second kappa shape index (κ2) is 3.72. The number of nitrogens with zero attached hydrogens (tertiary/aromatic N) is 1. The lowest BCUT2D eigenvalue weighted by Gasteiger charge is -2.01. The Morgan fingerprint density at radius 2 is 2.09 bits per heavy atom. The van der Waals surface area contributed by atoms with E-state index in [0.717, 1.165) is 23.6 Å². The van der Waals surface area contributed by atoms with Crippen LogP contribution < -0.4 is 0 Å². The Kier molecular flexibility index (Phi) is 2.89. The first-order chi connectivity index (χ1) is 5.27. The summed E-state index contributed by atoms with van der Waals surface area (Å²) in [6.07, 6.45) is 3.69. The molecule has 0 saturated heterocycles. The predicted octanol–water partition coefficient (Wildman–Crippen LogP) is 2.86. The summed E-state index contributed by atoms with van der Waals surface area (Å²) >= 11 is 5.89. The first-order valence-electron chi connectivity index (χ1n) is 3.91. The Labute approximate surface area is 72.4 Å². The molecule has 0 bridgehead atoms. The molecule has 1 aromatic rings. The Balaban J connectivity index is 3.02. The van der Waals surface area contributed by atoms with Crippen molar-refractivity contribution in [2.75, 3.05) is 0 Å². The predicted molar refractivity (Wildman–Crippen MR) is 48.0 cm³/mol. The van der Waals surface area contributed by atoms with Gasteiger partial charge in [-0.2, -0.15) is 0 Å². The molecular weight excluding hydrogens is 158 g/mol. The number of halogens is 1. The first kappa shape index (κ1) is 8.54. The van der Waals surface area contributed by atoms with E-state index in [0.29, 0.717) is 0 Å². The molecule has 1 nitrogen and oxygen atoms in total. The summed E-state index contributed by atoms with van der Waals surface area (Å²) in [6, 6.07) is 2.07. The minimum atomic E-state index is 0.782. The summed E-state index contributed by atoms with van der Waals surface area (Å²) in [7, 11) is 0. The number of aromatic nitrogens is 1. The zero-order valence-corrected chi connectivity index (χ0v) is 7.65. The van der Waals surface area contributed by atoms with Crippen LogP contribution in [0.25, 0.3) is 0 Å². The minimum Gasteiger partial charge on any atom is -0.260 e. The van der Waals surface area contributed by atoms with Gasteiger partial charge in [-0.25, -0.2) is 0 Å². The molecule has 1 aromatic heterocycles. The third kappa shape index (κ3) is 1.93. The molecule has 0 spiro atoms. The van der Waals surface area contributed by atoms with Gasteiger partial charge in [0, 0.05) is 11.9 Å². The van der Waals surface area contributed by atoms with Gasteiger partial charge in [-0.05, 0) is 24.5 Å². The van der Waals surface area contributed by atoms with Gasteiger partial charge in [0.25, 0.3) is 0 Å². The summed E-state index contributed by atoms with van der Waals surface area (Å²) < 4.78 is 0.